The Bertz CT molecular complexity index is 1610. The number of carbonyl (C=O) groups is 3. The molecule has 10 heteroatoms. The first-order valence-electron chi connectivity index (χ1n) is 12.5. The van der Waals surface area contributed by atoms with Crippen LogP contribution in [0.3, 0.4) is 0 Å². The highest BCUT2D eigenvalue weighted by molar-refractivity contribution is 6.15. The van der Waals surface area contributed by atoms with Crippen LogP contribution in [0.4, 0.5) is 5.69 Å². The Hall–Kier alpha value is -5.12. The van der Waals surface area contributed by atoms with Crippen molar-refractivity contribution in [3.63, 3.8) is 0 Å². The minimum Gasteiger partial charge on any atom is -0.462 e. The third kappa shape index (κ3) is 6.29. The average Bonchev–Trinajstić information content (AvgIpc) is 3.25. The lowest BCUT2D eigenvalue weighted by atomic mass is 10.0. The van der Waals surface area contributed by atoms with Crippen molar-refractivity contribution < 1.29 is 28.8 Å². The second kappa shape index (κ2) is 12.2. The van der Waals surface area contributed by atoms with Crippen molar-refractivity contribution in [1.82, 2.24) is 4.57 Å². The highest BCUT2D eigenvalue weighted by Crippen LogP contribution is 2.31. The van der Waals surface area contributed by atoms with Crippen LogP contribution in [0, 0.1) is 0 Å². The van der Waals surface area contributed by atoms with Crippen molar-refractivity contribution in [3.8, 4) is 0 Å². The van der Waals surface area contributed by atoms with Gasteiger partial charge in [0.05, 0.1) is 40.3 Å². The van der Waals surface area contributed by atoms with Crippen LogP contribution < -0.4 is 0 Å². The van der Waals surface area contributed by atoms with E-state index in [2.05, 4.69) is 15.3 Å². The predicted molar refractivity (Wildman–Crippen MR) is 153 cm³/mol. The van der Waals surface area contributed by atoms with Gasteiger partial charge in [0.25, 0.3) is 0 Å². The number of rotatable bonds is 8. The standard InChI is InChI=1S/C30H28N4O6/c1-6-38-30(37)22-7-11-25(12-8-22)31-17-34-28-13-9-23(18(2)32-39-20(4)35)15-26(28)27-16-24(10-14-29(27)34)19(3)33-40-21(5)36/h7-17H,6H2,1-5H3. The lowest BCUT2D eigenvalue weighted by Crippen LogP contribution is -2.03. The van der Waals surface area contributed by atoms with Gasteiger partial charge in [0.1, 0.15) is 6.34 Å². The van der Waals surface area contributed by atoms with E-state index in [0.717, 1.165) is 32.9 Å². The first kappa shape index (κ1) is 27.9. The second-order valence-electron chi connectivity index (χ2n) is 8.86. The largest absolute Gasteiger partial charge is 0.462 e. The monoisotopic (exact) mass is 540 g/mol. The van der Waals surface area contributed by atoms with E-state index in [0.29, 0.717) is 29.3 Å². The van der Waals surface area contributed by atoms with E-state index in [1.54, 1.807) is 51.4 Å². The van der Waals surface area contributed by atoms with E-state index in [1.807, 2.05) is 41.0 Å². The molecule has 0 N–H and O–H groups in total. The molecule has 1 heterocycles. The molecule has 0 aliphatic heterocycles. The summed E-state index contributed by atoms with van der Waals surface area (Å²) >= 11 is 0. The van der Waals surface area contributed by atoms with Gasteiger partial charge in [0.2, 0.25) is 0 Å². The summed E-state index contributed by atoms with van der Waals surface area (Å²) in [7, 11) is 0. The van der Waals surface area contributed by atoms with Crippen LogP contribution in [0.25, 0.3) is 21.8 Å². The third-order valence-corrected chi connectivity index (χ3v) is 5.96. The van der Waals surface area contributed by atoms with Gasteiger partial charge in [0, 0.05) is 24.6 Å². The fourth-order valence-corrected chi connectivity index (χ4v) is 4.02. The number of fused-ring (bicyclic) bond motifs is 3. The number of oxime groups is 2. The number of ether oxygens (including phenoxy) is 1. The fourth-order valence-electron chi connectivity index (χ4n) is 4.02. The predicted octanol–water partition coefficient (Wildman–Crippen LogP) is 5.75. The Labute approximate surface area is 230 Å². The minimum atomic E-state index is -0.504. The zero-order valence-corrected chi connectivity index (χ0v) is 22.8. The van der Waals surface area contributed by atoms with E-state index in [1.165, 1.54) is 13.8 Å². The molecule has 0 amide bonds. The van der Waals surface area contributed by atoms with Crippen LogP contribution in [-0.2, 0) is 24.0 Å². The molecule has 0 aliphatic rings. The Morgan fingerprint density at radius 2 is 1.20 bits per heavy atom. The zero-order chi connectivity index (χ0) is 28.8. The van der Waals surface area contributed by atoms with Crippen molar-refractivity contribution in [3.05, 3.63) is 77.4 Å². The van der Waals surface area contributed by atoms with Crippen LogP contribution in [0.15, 0.2) is 76.0 Å². The summed E-state index contributed by atoms with van der Waals surface area (Å²) in [5.41, 5.74) is 5.48. The van der Waals surface area contributed by atoms with Gasteiger partial charge < -0.3 is 14.4 Å². The molecule has 0 radical (unpaired) electrons. The van der Waals surface area contributed by atoms with Crippen LogP contribution in [0.1, 0.15) is 56.1 Å². The molecular weight excluding hydrogens is 512 g/mol. The quantitative estimate of drug-likeness (QED) is 0.0922. The van der Waals surface area contributed by atoms with E-state index in [-0.39, 0.29) is 5.97 Å². The molecule has 0 saturated carbocycles. The molecule has 0 saturated heterocycles. The Kier molecular flexibility index (Phi) is 8.48. The molecule has 4 rings (SSSR count). The lowest BCUT2D eigenvalue weighted by molar-refractivity contribution is -0.141. The molecule has 0 spiro atoms. The molecule has 3 aromatic carbocycles. The molecule has 0 unspecified atom stereocenters. The number of aromatic nitrogens is 1. The summed E-state index contributed by atoms with van der Waals surface area (Å²) in [6.45, 7) is 8.16. The summed E-state index contributed by atoms with van der Waals surface area (Å²) in [4.78, 5) is 48.7. The topological polar surface area (TPSA) is 121 Å². The number of carbonyl (C=O) groups excluding carboxylic acids is 3. The van der Waals surface area contributed by atoms with E-state index >= 15 is 0 Å². The molecule has 204 valence electrons. The molecular formula is C30H28N4O6. The highest BCUT2D eigenvalue weighted by Gasteiger charge is 2.14. The number of esters is 1. The number of hydrogen-bond acceptors (Lipinski definition) is 9. The van der Waals surface area contributed by atoms with Gasteiger partial charge in [-0.15, -0.1) is 0 Å². The Morgan fingerprint density at radius 3 is 1.65 bits per heavy atom. The normalized spacial score (nSPS) is 12.2. The molecule has 0 bridgehead atoms. The third-order valence-electron chi connectivity index (χ3n) is 5.96. The van der Waals surface area contributed by atoms with Crippen LogP contribution >= 0.6 is 0 Å². The van der Waals surface area contributed by atoms with Gasteiger partial charge in [-0.3, -0.25) is 4.57 Å². The summed E-state index contributed by atoms with van der Waals surface area (Å²) in [5.74, 6) is -1.39. The first-order chi connectivity index (χ1) is 19.2. The summed E-state index contributed by atoms with van der Waals surface area (Å²) < 4.78 is 7.00. The Balaban J connectivity index is 1.82. The maximum atomic E-state index is 12.0. The molecule has 40 heavy (non-hydrogen) atoms. The summed E-state index contributed by atoms with van der Waals surface area (Å²) in [6, 6.07) is 18.4. The van der Waals surface area contributed by atoms with Gasteiger partial charge in [-0.2, -0.15) is 0 Å². The van der Waals surface area contributed by atoms with Gasteiger partial charge in [-0.05, 0) is 80.4 Å². The molecule has 0 atom stereocenters. The molecule has 0 fully saturated rings. The lowest BCUT2D eigenvalue weighted by Gasteiger charge is -2.04. The van der Waals surface area contributed by atoms with E-state index < -0.39 is 11.9 Å². The van der Waals surface area contributed by atoms with Crippen molar-refractivity contribution in [2.24, 2.45) is 15.3 Å². The van der Waals surface area contributed by atoms with Gasteiger partial charge >= 0.3 is 17.9 Å². The zero-order valence-electron chi connectivity index (χ0n) is 22.8. The number of nitrogens with zero attached hydrogens (tertiary/aromatic N) is 4. The SMILES string of the molecule is CCOC(=O)c1ccc(N=Cn2c3ccc(C(C)=NOC(C)=O)cc3c3cc(C(C)=NOC(C)=O)ccc32)cc1. The van der Waals surface area contributed by atoms with Crippen LogP contribution in [-0.4, -0.2) is 46.8 Å². The average molecular weight is 541 g/mol. The van der Waals surface area contributed by atoms with Gasteiger partial charge in [0.15, 0.2) is 0 Å². The Morgan fingerprint density at radius 1 is 0.725 bits per heavy atom. The number of aliphatic imine (C=N–C) groups is 1. The minimum absolute atomic E-state index is 0.306. The molecule has 1 aromatic heterocycles. The summed E-state index contributed by atoms with van der Waals surface area (Å²) in [6.07, 6.45) is 1.71. The molecule has 4 aromatic rings. The fraction of sp³-hybridized carbons (Fsp3) is 0.200. The highest BCUT2D eigenvalue weighted by atomic mass is 16.7. The second-order valence-corrected chi connectivity index (χ2v) is 8.86. The van der Waals surface area contributed by atoms with Crippen LogP contribution in [0.2, 0.25) is 0 Å². The number of benzene rings is 3. The van der Waals surface area contributed by atoms with Crippen molar-refractivity contribution in [2.45, 2.75) is 34.6 Å². The van der Waals surface area contributed by atoms with Crippen molar-refractivity contribution >= 4 is 63.2 Å². The number of hydrogen-bond donors (Lipinski definition) is 0. The van der Waals surface area contributed by atoms with E-state index in [4.69, 9.17) is 14.4 Å². The summed E-state index contributed by atoms with van der Waals surface area (Å²) in [5, 5.41) is 9.63. The molecule has 10 nitrogen and oxygen atoms in total. The first-order valence-corrected chi connectivity index (χ1v) is 12.5. The van der Waals surface area contributed by atoms with E-state index in [9.17, 15) is 14.4 Å². The maximum absolute atomic E-state index is 12.0. The van der Waals surface area contributed by atoms with Crippen LogP contribution in [0.5, 0.6) is 0 Å². The van der Waals surface area contributed by atoms with Gasteiger partial charge in [-0.1, -0.05) is 22.4 Å². The maximum Gasteiger partial charge on any atom is 0.338 e. The van der Waals surface area contributed by atoms with Crippen molar-refractivity contribution in [1.29, 1.82) is 0 Å². The van der Waals surface area contributed by atoms with Gasteiger partial charge in [-0.25, -0.2) is 19.4 Å². The smallest absolute Gasteiger partial charge is 0.338 e. The molecule has 0 aliphatic carbocycles. The van der Waals surface area contributed by atoms with Crippen molar-refractivity contribution in [2.75, 3.05) is 6.61 Å².